The molecular formula is C28H19ClN2. The smallest absolute Gasteiger partial charge is 0.161 e. The molecule has 3 heteroatoms. The molecule has 148 valence electrons. The van der Waals surface area contributed by atoms with E-state index in [2.05, 4.69) is 60.7 Å². The fraction of sp³-hybridized carbons (Fsp3) is 0. The minimum absolute atomic E-state index is 0.620. The van der Waals surface area contributed by atoms with Gasteiger partial charge in [-0.05, 0) is 29.3 Å². The third kappa shape index (κ3) is 4.11. The van der Waals surface area contributed by atoms with Crippen LogP contribution in [0.25, 0.3) is 45.0 Å². The van der Waals surface area contributed by atoms with Gasteiger partial charge >= 0.3 is 0 Å². The molecule has 0 saturated carbocycles. The number of hydrogen-bond acceptors (Lipinski definition) is 2. The number of nitrogens with zero attached hydrogens (tertiary/aromatic N) is 2. The van der Waals surface area contributed by atoms with Crippen molar-refractivity contribution in [2.75, 3.05) is 0 Å². The summed E-state index contributed by atoms with van der Waals surface area (Å²) in [5.41, 5.74) is 7.00. The Labute approximate surface area is 186 Å². The van der Waals surface area contributed by atoms with Crippen molar-refractivity contribution in [3.63, 3.8) is 0 Å². The van der Waals surface area contributed by atoms with Crippen LogP contribution in [0, 0.1) is 0 Å². The highest BCUT2D eigenvalue weighted by Crippen LogP contribution is 2.31. The molecule has 0 aliphatic rings. The molecule has 0 amide bonds. The van der Waals surface area contributed by atoms with Gasteiger partial charge in [-0.15, -0.1) is 0 Å². The number of rotatable bonds is 4. The zero-order valence-electron chi connectivity index (χ0n) is 16.7. The lowest BCUT2D eigenvalue weighted by Crippen LogP contribution is -1.96. The molecule has 0 radical (unpaired) electrons. The Kier molecular flexibility index (Phi) is 5.30. The minimum atomic E-state index is 0.620. The highest BCUT2D eigenvalue weighted by atomic mass is 35.5. The summed E-state index contributed by atoms with van der Waals surface area (Å²) in [6.07, 6.45) is 0. The molecule has 4 aromatic carbocycles. The predicted octanol–water partition coefficient (Wildman–Crippen LogP) is 7.80. The van der Waals surface area contributed by atoms with Crippen LogP contribution in [0.4, 0.5) is 0 Å². The lowest BCUT2D eigenvalue weighted by molar-refractivity contribution is 1.18. The molecule has 0 unspecified atom stereocenters. The van der Waals surface area contributed by atoms with Gasteiger partial charge in [0, 0.05) is 16.7 Å². The summed E-state index contributed by atoms with van der Waals surface area (Å²) < 4.78 is 0. The largest absolute Gasteiger partial charge is 0.228 e. The third-order valence-corrected chi connectivity index (χ3v) is 5.53. The van der Waals surface area contributed by atoms with Crippen LogP contribution in [-0.2, 0) is 0 Å². The maximum absolute atomic E-state index is 6.46. The van der Waals surface area contributed by atoms with Crippen molar-refractivity contribution in [1.29, 1.82) is 0 Å². The fourth-order valence-electron chi connectivity index (χ4n) is 3.58. The molecule has 31 heavy (non-hydrogen) atoms. The molecule has 0 bridgehead atoms. The van der Waals surface area contributed by atoms with Gasteiger partial charge in [0.25, 0.3) is 0 Å². The second-order valence-electron chi connectivity index (χ2n) is 7.25. The van der Waals surface area contributed by atoms with Gasteiger partial charge < -0.3 is 0 Å². The first-order valence-electron chi connectivity index (χ1n) is 10.1. The van der Waals surface area contributed by atoms with Crippen LogP contribution >= 0.6 is 11.6 Å². The Morgan fingerprint density at radius 3 is 1.52 bits per heavy atom. The summed E-state index contributed by atoms with van der Waals surface area (Å²) in [4.78, 5) is 9.70. The van der Waals surface area contributed by atoms with Crippen LogP contribution in [0.5, 0.6) is 0 Å². The average Bonchev–Trinajstić information content (AvgIpc) is 2.85. The first kappa shape index (κ1) is 19.2. The summed E-state index contributed by atoms with van der Waals surface area (Å²) >= 11 is 6.46. The molecule has 2 nitrogen and oxygen atoms in total. The van der Waals surface area contributed by atoms with E-state index in [1.807, 2.05) is 54.6 Å². The maximum atomic E-state index is 6.46. The summed E-state index contributed by atoms with van der Waals surface area (Å²) in [5, 5.41) is 0.637. The monoisotopic (exact) mass is 418 g/mol. The Bertz CT molecular complexity index is 1310. The number of hydrogen-bond donors (Lipinski definition) is 0. The van der Waals surface area contributed by atoms with Gasteiger partial charge in [0.05, 0.1) is 16.4 Å². The number of halogens is 1. The SMILES string of the molecule is Clc1ccccc1-c1nc(-c2ccccc2)cc(-c2ccc(-c3ccccc3)cc2)n1. The first-order chi connectivity index (χ1) is 15.3. The fourth-order valence-corrected chi connectivity index (χ4v) is 3.80. The summed E-state index contributed by atoms with van der Waals surface area (Å²) in [6, 6.07) is 38.7. The lowest BCUT2D eigenvalue weighted by atomic mass is 10.0. The third-order valence-electron chi connectivity index (χ3n) is 5.20. The van der Waals surface area contributed by atoms with E-state index in [0.29, 0.717) is 10.8 Å². The number of benzene rings is 4. The molecule has 0 aliphatic heterocycles. The van der Waals surface area contributed by atoms with Gasteiger partial charge in [-0.3, -0.25) is 0 Å². The van der Waals surface area contributed by atoms with Crippen molar-refractivity contribution in [3.8, 4) is 45.0 Å². The van der Waals surface area contributed by atoms with Gasteiger partial charge in [-0.25, -0.2) is 9.97 Å². The summed E-state index contributed by atoms with van der Waals surface area (Å²) in [5.74, 6) is 0.620. The van der Waals surface area contributed by atoms with E-state index >= 15 is 0 Å². The van der Waals surface area contributed by atoms with Crippen molar-refractivity contribution in [1.82, 2.24) is 9.97 Å². The Balaban J connectivity index is 1.63. The van der Waals surface area contributed by atoms with E-state index in [1.165, 1.54) is 11.1 Å². The molecule has 0 saturated heterocycles. The van der Waals surface area contributed by atoms with Crippen LogP contribution in [0.15, 0.2) is 115 Å². The normalized spacial score (nSPS) is 10.7. The van der Waals surface area contributed by atoms with Crippen molar-refractivity contribution in [2.24, 2.45) is 0 Å². The summed E-state index contributed by atoms with van der Waals surface area (Å²) in [6.45, 7) is 0. The molecule has 5 aromatic rings. The van der Waals surface area contributed by atoms with E-state index in [-0.39, 0.29) is 0 Å². The molecule has 0 atom stereocenters. The zero-order valence-corrected chi connectivity index (χ0v) is 17.5. The van der Waals surface area contributed by atoms with Crippen LogP contribution in [0.2, 0.25) is 5.02 Å². The maximum Gasteiger partial charge on any atom is 0.161 e. The van der Waals surface area contributed by atoms with Gasteiger partial charge in [0.2, 0.25) is 0 Å². The van der Waals surface area contributed by atoms with Gasteiger partial charge in [0.15, 0.2) is 5.82 Å². The van der Waals surface area contributed by atoms with Crippen LogP contribution in [0.3, 0.4) is 0 Å². The van der Waals surface area contributed by atoms with Gasteiger partial charge in [-0.1, -0.05) is 109 Å². The molecule has 0 N–H and O–H groups in total. The van der Waals surface area contributed by atoms with Crippen LogP contribution in [0.1, 0.15) is 0 Å². The van der Waals surface area contributed by atoms with E-state index < -0.39 is 0 Å². The Hall–Kier alpha value is -3.75. The molecule has 0 fully saturated rings. The van der Waals surface area contributed by atoms with E-state index in [1.54, 1.807) is 0 Å². The first-order valence-corrected chi connectivity index (χ1v) is 10.5. The van der Waals surface area contributed by atoms with Crippen molar-refractivity contribution in [3.05, 3.63) is 120 Å². The van der Waals surface area contributed by atoms with Crippen LogP contribution in [-0.4, -0.2) is 9.97 Å². The van der Waals surface area contributed by atoms with Crippen molar-refractivity contribution >= 4 is 11.6 Å². The molecule has 0 aliphatic carbocycles. The number of aromatic nitrogens is 2. The molecular weight excluding hydrogens is 400 g/mol. The van der Waals surface area contributed by atoms with Gasteiger partial charge in [-0.2, -0.15) is 0 Å². The average molecular weight is 419 g/mol. The minimum Gasteiger partial charge on any atom is -0.228 e. The standard InChI is InChI=1S/C28H19ClN2/c29-25-14-8-7-13-24(25)28-30-26(22-11-5-2-6-12-22)19-27(31-28)23-17-15-21(16-18-23)20-9-3-1-4-10-20/h1-19H. The Morgan fingerprint density at radius 1 is 0.452 bits per heavy atom. The van der Waals surface area contributed by atoms with E-state index in [4.69, 9.17) is 21.6 Å². The topological polar surface area (TPSA) is 25.8 Å². The predicted molar refractivity (Wildman–Crippen MR) is 129 cm³/mol. The Morgan fingerprint density at radius 2 is 0.903 bits per heavy atom. The second kappa shape index (κ2) is 8.55. The molecule has 1 aromatic heterocycles. The van der Waals surface area contributed by atoms with Gasteiger partial charge in [0.1, 0.15) is 0 Å². The van der Waals surface area contributed by atoms with E-state index in [9.17, 15) is 0 Å². The zero-order chi connectivity index (χ0) is 21.0. The second-order valence-corrected chi connectivity index (χ2v) is 7.66. The summed E-state index contributed by atoms with van der Waals surface area (Å²) in [7, 11) is 0. The van der Waals surface area contributed by atoms with Crippen LogP contribution < -0.4 is 0 Å². The molecule has 1 heterocycles. The van der Waals surface area contributed by atoms with Crippen molar-refractivity contribution in [2.45, 2.75) is 0 Å². The van der Waals surface area contributed by atoms with E-state index in [0.717, 1.165) is 28.1 Å². The van der Waals surface area contributed by atoms with Crippen molar-refractivity contribution < 1.29 is 0 Å². The molecule has 0 spiro atoms. The lowest BCUT2D eigenvalue weighted by Gasteiger charge is -2.11. The highest BCUT2D eigenvalue weighted by molar-refractivity contribution is 6.33. The molecule has 5 rings (SSSR count). The quantitative estimate of drug-likeness (QED) is 0.297. The highest BCUT2D eigenvalue weighted by Gasteiger charge is 2.12.